The Kier molecular flexibility index (Phi) is 2.88. The first-order chi connectivity index (χ1) is 3.66. The number of carbonyl (C=O) groups is 1. The van der Waals surface area contributed by atoms with Crippen LogP contribution in [0, 0.1) is 0 Å². The molecule has 0 saturated carbocycles. The van der Waals surface area contributed by atoms with E-state index >= 15 is 0 Å². The highest BCUT2D eigenvalue weighted by Crippen LogP contribution is 1.94. The van der Waals surface area contributed by atoms with Crippen LogP contribution >= 0.6 is 0 Å². The molecule has 0 saturated heterocycles. The summed E-state index contributed by atoms with van der Waals surface area (Å²) in [5, 5.41) is 0. The smallest absolute Gasteiger partial charge is 0.328 e. The fourth-order valence-electron chi connectivity index (χ4n) is 0.288. The van der Waals surface area contributed by atoms with E-state index in [1.807, 2.05) is 0 Å². The van der Waals surface area contributed by atoms with E-state index in [1.165, 1.54) is 0 Å². The minimum absolute atomic E-state index is 0.205. The van der Waals surface area contributed by atoms with Crippen LogP contribution in [-0.4, -0.2) is 5.97 Å². The molecule has 0 aliphatic carbocycles. The summed E-state index contributed by atoms with van der Waals surface area (Å²) in [7, 11) is 0. The Morgan fingerprint density at radius 2 is 2.38 bits per heavy atom. The molecule has 0 amide bonds. The molecule has 0 aliphatic heterocycles. The van der Waals surface area contributed by atoms with E-state index < -0.39 is 5.97 Å². The fraction of sp³-hybridized carbons (Fsp3) is 0.400. The molecular weight excluding hydrogens is 106 g/mol. The van der Waals surface area contributed by atoms with Gasteiger partial charge in [0, 0.05) is 0 Å². The van der Waals surface area contributed by atoms with Gasteiger partial charge in [-0.25, -0.2) is 0 Å². The van der Waals surface area contributed by atoms with Crippen molar-refractivity contribution in [2.45, 2.75) is 13.3 Å². The van der Waals surface area contributed by atoms with Crippen molar-refractivity contribution < 1.29 is 9.63 Å². The summed E-state index contributed by atoms with van der Waals surface area (Å²) in [5.74, 6) is 4.08. The lowest BCUT2D eigenvalue weighted by molar-refractivity contribution is -0.143. The summed E-state index contributed by atoms with van der Waals surface area (Å²) in [4.78, 5) is 14.1. The Balaban J connectivity index is 3.40. The van der Waals surface area contributed by atoms with Crippen molar-refractivity contribution in [3.63, 3.8) is 0 Å². The Hall–Kier alpha value is -0.830. The van der Waals surface area contributed by atoms with Crippen LogP contribution in [0.5, 0.6) is 0 Å². The molecule has 0 unspecified atom stereocenters. The molecule has 0 radical (unpaired) electrons. The van der Waals surface area contributed by atoms with Crippen molar-refractivity contribution in [3.05, 3.63) is 12.2 Å². The second-order valence-corrected chi connectivity index (χ2v) is 1.62. The summed E-state index contributed by atoms with van der Waals surface area (Å²) in [6, 6.07) is 0. The molecule has 0 atom stereocenters. The molecule has 0 bridgehead atoms. The second-order valence-electron chi connectivity index (χ2n) is 1.62. The molecule has 46 valence electrons. The van der Waals surface area contributed by atoms with Gasteiger partial charge < -0.3 is 4.84 Å². The molecule has 0 aliphatic rings. The number of hydrogen-bond donors (Lipinski definition) is 1. The quantitative estimate of drug-likeness (QED) is 0.418. The molecule has 2 N–H and O–H groups in total. The van der Waals surface area contributed by atoms with Crippen molar-refractivity contribution >= 4 is 5.97 Å². The van der Waals surface area contributed by atoms with Gasteiger partial charge in [-0.05, 0) is 6.92 Å². The summed E-state index contributed by atoms with van der Waals surface area (Å²) in [5.41, 5.74) is 0.750. The minimum atomic E-state index is -0.447. The van der Waals surface area contributed by atoms with E-state index in [9.17, 15) is 4.79 Å². The highest BCUT2D eigenvalue weighted by atomic mass is 16.7. The zero-order valence-corrected chi connectivity index (χ0v) is 4.81. The van der Waals surface area contributed by atoms with Gasteiger partial charge in [0.25, 0.3) is 0 Å². The first-order valence-electron chi connectivity index (χ1n) is 2.20. The normalized spacial score (nSPS) is 8.25. The fourth-order valence-corrected chi connectivity index (χ4v) is 0.288. The molecule has 0 rings (SSSR count). The molecule has 0 aromatic heterocycles. The number of nitrogens with two attached hydrogens (primary N) is 1. The zero-order valence-electron chi connectivity index (χ0n) is 4.81. The maximum atomic E-state index is 10.2. The number of hydrogen-bond acceptors (Lipinski definition) is 3. The second kappa shape index (κ2) is 3.21. The van der Waals surface area contributed by atoms with Crippen molar-refractivity contribution in [1.29, 1.82) is 0 Å². The molecule has 3 nitrogen and oxygen atoms in total. The predicted molar refractivity (Wildman–Crippen MR) is 29.7 cm³/mol. The maximum Gasteiger partial charge on any atom is 0.328 e. The first kappa shape index (κ1) is 7.17. The monoisotopic (exact) mass is 115 g/mol. The summed E-state index contributed by atoms with van der Waals surface area (Å²) in [6.45, 7) is 5.22. The topological polar surface area (TPSA) is 52.3 Å². The van der Waals surface area contributed by atoms with Crippen LogP contribution < -0.4 is 5.90 Å². The third kappa shape index (κ3) is 3.36. The minimum Gasteiger partial charge on any atom is -0.373 e. The van der Waals surface area contributed by atoms with Crippen LogP contribution in [0.2, 0.25) is 0 Å². The van der Waals surface area contributed by atoms with Gasteiger partial charge >= 0.3 is 5.97 Å². The van der Waals surface area contributed by atoms with Crippen LogP contribution in [0.1, 0.15) is 13.3 Å². The Bertz CT molecular complexity index is 109. The maximum absolute atomic E-state index is 10.2. The van der Waals surface area contributed by atoms with E-state index in [0.717, 1.165) is 5.57 Å². The molecule has 0 spiro atoms. The summed E-state index contributed by atoms with van der Waals surface area (Å²) < 4.78 is 0. The third-order valence-corrected chi connectivity index (χ3v) is 0.578. The first-order valence-corrected chi connectivity index (χ1v) is 2.20. The van der Waals surface area contributed by atoms with Crippen LogP contribution in [0.4, 0.5) is 0 Å². The third-order valence-electron chi connectivity index (χ3n) is 0.578. The Morgan fingerprint density at radius 3 is 2.50 bits per heavy atom. The van der Waals surface area contributed by atoms with Gasteiger partial charge in [0.1, 0.15) is 0 Å². The van der Waals surface area contributed by atoms with E-state index in [-0.39, 0.29) is 6.42 Å². The molecule has 3 heteroatoms. The van der Waals surface area contributed by atoms with Gasteiger partial charge in [0.05, 0.1) is 6.42 Å². The van der Waals surface area contributed by atoms with Crippen LogP contribution in [0.15, 0.2) is 12.2 Å². The lowest BCUT2D eigenvalue weighted by Crippen LogP contribution is -2.09. The average molecular weight is 115 g/mol. The highest BCUT2D eigenvalue weighted by Gasteiger charge is 1.97. The number of carbonyl (C=O) groups excluding carboxylic acids is 1. The zero-order chi connectivity index (χ0) is 6.57. The van der Waals surface area contributed by atoms with E-state index in [2.05, 4.69) is 17.3 Å². The van der Waals surface area contributed by atoms with E-state index in [1.54, 1.807) is 6.92 Å². The summed E-state index contributed by atoms with van der Waals surface area (Å²) >= 11 is 0. The molecule has 0 heterocycles. The van der Waals surface area contributed by atoms with Gasteiger partial charge in [0.15, 0.2) is 0 Å². The lowest BCUT2D eigenvalue weighted by atomic mass is 10.2. The number of rotatable bonds is 2. The molecule has 8 heavy (non-hydrogen) atoms. The van der Waals surface area contributed by atoms with Gasteiger partial charge in [-0.2, -0.15) is 5.90 Å². The van der Waals surface area contributed by atoms with Crippen molar-refractivity contribution in [1.82, 2.24) is 0 Å². The van der Waals surface area contributed by atoms with Crippen LogP contribution in [0.3, 0.4) is 0 Å². The van der Waals surface area contributed by atoms with Crippen LogP contribution in [0.25, 0.3) is 0 Å². The SMILES string of the molecule is C=C(C)CC(=O)ON. The molecule has 0 aromatic carbocycles. The van der Waals surface area contributed by atoms with Gasteiger partial charge in [-0.3, -0.25) is 4.79 Å². The van der Waals surface area contributed by atoms with Gasteiger partial charge in [-0.1, -0.05) is 12.2 Å². The molecular formula is C5H9NO2. The molecule has 0 fully saturated rings. The summed E-state index contributed by atoms with van der Waals surface area (Å²) in [6.07, 6.45) is 0.205. The Morgan fingerprint density at radius 1 is 1.88 bits per heavy atom. The predicted octanol–water partition coefficient (Wildman–Crippen LogP) is 0.370. The van der Waals surface area contributed by atoms with Crippen molar-refractivity contribution in [2.24, 2.45) is 5.90 Å². The van der Waals surface area contributed by atoms with Crippen molar-refractivity contribution in [2.75, 3.05) is 0 Å². The van der Waals surface area contributed by atoms with E-state index in [0.29, 0.717) is 0 Å². The van der Waals surface area contributed by atoms with Crippen LogP contribution in [-0.2, 0) is 9.63 Å². The van der Waals surface area contributed by atoms with Crippen molar-refractivity contribution in [3.8, 4) is 0 Å². The Labute approximate surface area is 48.1 Å². The van der Waals surface area contributed by atoms with Gasteiger partial charge in [-0.15, -0.1) is 0 Å². The lowest BCUT2D eigenvalue weighted by Gasteiger charge is -1.93. The van der Waals surface area contributed by atoms with E-state index in [4.69, 9.17) is 0 Å². The van der Waals surface area contributed by atoms with Gasteiger partial charge in [0.2, 0.25) is 0 Å². The highest BCUT2D eigenvalue weighted by molar-refractivity contribution is 5.71. The molecule has 0 aromatic rings. The standard InChI is InChI=1S/C5H9NO2/c1-4(2)3-5(7)8-6/h1,3,6H2,2H3. The average Bonchev–Trinajstić information content (AvgIpc) is 1.65. The largest absolute Gasteiger partial charge is 0.373 e.